The molecule has 0 aliphatic carbocycles. The number of carbonyl (C=O) groups excluding carboxylic acids is 1. The van der Waals surface area contributed by atoms with Gasteiger partial charge in [0.2, 0.25) is 21.9 Å². The van der Waals surface area contributed by atoms with E-state index in [0.717, 1.165) is 32.2 Å². The van der Waals surface area contributed by atoms with Crippen LogP contribution in [0.25, 0.3) is 0 Å². The lowest BCUT2D eigenvalue weighted by atomic mass is 10.2. The Labute approximate surface area is 113 Å². The van der Waals surface area contributed by atoms with E-state index in [-0.39, 0.29) is 18.4 Å². The van der Waals surface area contributed by atoms with Crippen LogP contribution in [0.3, 0.4) is 0 Å². The van der Waals surface area contributed by atoms with Crippen molar-refractivity contribution in [3.8, 4) is 0 Å². The number of carbonyl (C=O) groups is 1. The highest BCUT2D eigenvalue weighted by Crippen LogP contribution is 2.09. The maximum atomic E-state index is 11.9. The first kappa shape index (κ1) is 15.7. The van der Waals surface area contributed by atoms with Crippen molar-refractivity contribution < 1.29 is 13.2 Å². The van der Waals surface area contributed by atoms with E-state index in [1.807, 2.05) is 4.72 Å². The SMILES string of the molecule is CS(=O)(=O)NC(N)=NCC[C@H](N)C(=O)N1CCCC1. The molecule has 1 saturated heterocycles. The maximum absolute atomic E-state index is 11.9. The molecule has 0 aromatic carbocycles. The standard InChI is InChI=1S/C10H21N5O3S/c1-19(17,18)14-10(12)13-5-4-8(11)9(16)15-6-2-3-7-15/h8H,2-7,11H2,1H3,(H3,12,13,14)/t8-/m0/s1. The summed E-state index contributed by atoms with van der Waals surface area (Å²) in [5.41, 5.74) is 11.1. The molecular weight excluding hydrogens is 270 g/mol. The third-order valence-electron chi connectivity index (χ3n) is 2.75. The largest absolute Gasteiger partial charge is 0.369 e. The molecule has 0 saturated carbocycles. The molecule has 1 rings (SSSR count). The van der Waals surface area contributed by atoms with Crippen molar-refractivity contribution in [1.82, 2.24) is 9.62 Å². The molecule has 9 heteroatoms. The summed E-state index contributed by atoms with van der Waals surface area (Å²) >= 11 is 0. The number of amides is 1. The molecule has 110 valence electrons. The minimum atomic E-state index is -3.42. The number of nitrogens with zero attached hydrogens (tertiary/aromatic N) is 2. The number of likely N-dealkylation sites (tertiary alicyclic amines) is 1. The highest BCUT2D eigenvalue weighted by Gasteiger charge is 2.23. The van der Waals surface area contributed by atoms with Crippen LogP contribution in [0.2, 0.25) is 0 Å². The molecular formula is C10H21N5O3S. The maximum Gasteiger partial charge on any atom is 0.239 e. The number of guanidine groups is 1. The van der Waals surface area contributed by atoms with Crippen molar-refractivity contribution in [3.05, 3.63) is 0 Å². The van der Waals surface area contributed by atoms with Gasteiger partial charge in [-0.1, -0.05) is 0 Å². The van der Waals surface area contributed by atoms with E-state index >= 15 is 0 Å². The van der Waals surface area contributed by atoms with E-state index in [4.69, 9.17) is 11.5 Å². The van der Waals surface area contributed by atoms with E-state index in [2.05, 4.69) is 4.99 Å². The van der Waals surface area contributed by atoms with Gasteiger partial charge in [-0.05, 0) is 19.3 Å². The summed E-state index contributed by atoms with van der Waals surface area (Å²) in [6.45, 7) is 1.72. The molecule has 19 heavy (non-hydrogen) atoms. The monoisotopic (exact) mass is 291 g/mol. The molecule has 0 unspecified atom stereocenters. The topological polar surface area (TPSA) is 131 Å². The molecule has 0 bridgehead atoms. The summed E-state index contributed by atoms with van der Waals surface area (Å²) in [5.74, 6) is -0.273. The van der Waals surface area contributed by atoms with Crippen LogP contribution in [0.1, 0.15) is 19.3 Å². The van der Waals surface area contributed by atoms with Crippen molar-refractivity contribution in [2.24, 2.45) is 16.5 Å². The fraction of sp³-hybridized carbons (Fsp3) is 0.800. The molecule has 0 aromatic heterocycles. The van der Waals surface area contributed by atoms with Gasteiger partial charge in [0, 0.05) is 19.6 Å². The Balaban J connectivity index is 2.35. The van der Waals surface area contributed by atoms with Gasteiger partial charge in [0.25, 0.3) is 0 Å². The first-order chi connectivity index (χ1) is 8.79. The zero-order chi connectivity index (χ0) is 14.5. The summed E-state index contributed by atoms with van der Waals surface area (Å²) in [6.07, 6.45) is 3.35. The molecule has 1 aliphatic heterocycles. The fourth-order valence-corrected chi connectivity index (χ4v) is 2.29. The molecule has 1 heterocycles. The highest BCUT2D eigenvalue weighted by molar-refractivity contribution is 7.89. The molecule has 1 aliphatic rings. The normalized spacial score (nSPS) is 18.4. The number of hydrogen-bond acceptors (Lipinski definition) is 5. The fourth-order valence-electron chi connectivity index (χ4n) is 1.84. The summed E-state index contributed by atoms with van der Waals surface area (Å²) < 4.78 is 23.8. The Bertz CT molecular complexity index is 442. The minimum Gasteiger partial charge on any atom is -0.369 e. The Morgan fingerprint density at radius 3 is 2.53 bits per heavy atom. The van der Waals surface area contributed by atoms with Crippen LogP contribution in [0.4, 0.5) is 0 Å². The molecule has 1 amide bonds. The Morgan fingerprint density at radius 2 is 2.00 bits per heavy atom. The average molecular weight is 291 g/mol. The second-order valence-electron chi connectivity index (χ2n) is 4.57. The number of nitrogens with two attached hydrogens (primary N) is 2. The molecule has 8 nitrogen and oxygen atoms in total. The molecule has 1 atom stereocenters. The van der Waals surface area contributed by atoms with Gasteiger partial charge >= 0.3 is 0 Å². The second kappa shape index (κ2) is 6.71. The molecule has 0 spiro atoms. The summed E-state index contributed by atoms with van der Waals surface area (Å²) in [5, 5.41) is 0. The predicted octanol–water partition coefficient (Wildman–Crippen LogP) is -1.81. The van der Waals surface area contributed by atoms with Crippen molar-refractivity contribution in [2.45, 2.75) is 25.3 Å². The van der Waals surface area contributed by atoms with Crippen LogP contribution in [0.5, 0.6) is 0 Å². The summed E-state index contributed by atoms with van der Waals surface area (Å²) in [6, 6.07) is -0.618. The number of nitrogens with one attached hydrogen (secondary N) is 1. The van der Waals surface area contributed by atoms with Gasteiger partial charge in [0.1, 0.15) is 0 Å². The second-order valence-corrected chi connectivity index (χ2v) is 6.32. The van der Waals surface area contributed by atoms with Gasteiger partial charge < -0.3 is 16.4 Å². The van der Waals surface area contributed by atoms with Crippen LogP contribution < -0.4 is 16.2 Å². The van der Waals surface area contributed by atoms with Gasteiger partial charge in [-0.25, -0.2) is 8.42 Å². The van der Waals surface area contributed by atoms with E-state index in [1.165, 1.54) is 0 Å². The van der Waals surface area contributed by atoms with Crippen LogP contribution in [0, 0.1) is 0 Å². The molecule has 1 fully saturated rings. The zero-order valence-corrected chi connectivity index (χ0v) is 11.8. The zero-order valence-electron chi connectivity index (χ0n) is 11.0. The number of hydrogen-bond donors (Lipinski definition) is 3. The van der Waals surface area contributed by atoms with Crippen molar-refractivity contribution >= 4 is 21.9 Å². The third-order valence-corrected chi connectivity index (χ3v) is 3.33. The van der Waals surface area contributed by atoms with E-state index in [1.54, 1.807) is 4.90 Å². The van der Waals surface area contributed by atoms with Crippen LogP contribution >= 0.6 is 0 Å². The van der Waals surface area contributed by atoms with Gasteiger partial charge in [-0.3, -0.25) is 14.5 Å². The van der Waals surface area contributed by atoms with Crippen LogP contribution in [-0.4, -0.2) is 57.1 Å². The molecule has 0 aromatic rings. The van der Waals surface area contributed by atoms with Crippen molar-refractivity contribution in [1.29, 1.82) is 0 Å². The van der Waals surface area contributed by atoms with Gasteiger partial charge in [-0.2, -0.15) is 0 Å². The van der Waals surface area contributed by atoms with E-state index < -0.39 is 16.1 Å². The highest BCUT2D eigenvalue weighted by atomic mass is 32.2. The van der Waals surface area contributed by atoms with E-state index in [0.29, 0.717) is 6.42 Å². The minimum absolute atomic E-state index is 0.0812. The first-order valence-electron chi connectivity index (χ1n) is 6.11. The summed E-state index contributed by atoms with van der Waals surface area (Å²) in [4.78, 5) is 17.4. The smallest absolute Gasteiger partial charge is 0.239 e. The van der Waals surface area contributed by atoms with Gasteiger partial charge in [0.15, 0.2) is 0 Å². The van der Waals surface area contributed by atoms with Gasteiger partial charge in [-0.15, -0.1) is 0 Å². The molecule has 0 radical (unpaired) electrons. The Hall–Kier alpha value is -1.35. The lowest BCUT2D eigenvalue weighted by Crippen LogP contribution is -2.43. The quantitative estimate of drug-likeness (QED) is 0.406. The van der Waals surface area contributed by atoms with Crippen LogP contribution in [-0.2, 0) is 14.8 Å². The Kier molecular flexibility index (Phi) is 5.55. The number of sulfonamides is 1. The lowest BCUT2D eigenvalue weighted by molar-refractivity contribution is -0.131. The van der Waals surface area contributed by atoms with E-state index in [9.17, 15) is 13.2 Å². The third kappa shape index (κ3) is 5.88. The predicted molar refractivity (Wildman–Crippen MR) is 72.9 cm³/mol. The van der Waals surface area contributed by atoms with Gasteiger partial charge in [0.05, 0.1) is 12.3 Å². The average Bonchev–Trinajstić information content (AvgIpc) is 2.78. The van der Waals surface area contributed by atoms with Crippen LogP contribution in [0.15, 0.2) is 4.99 Å². The Morgan fingerprint density at radius 1 is 1.42 bits per heavy atom. The first-order valence-corrected chi connectivity index (χ1v) is 8.01. The number of rotatable bonds is 5. The lowest BCUT2D eigenvalue weighted by Gasteiger charge is -2.19. The summed E-state index contributed by atoms with van der Waals surface area (Å²) in [7, 11) is -3.42. The molecule has 5 N–H and O–H groups in total. The number of aliphatic imine (C=N–C) groups is 1. The van der Waals surface area contributed by atoms with Crippen molar-refractivity contribution in [2.75, 3.05) is 25.9 Å². The van der Waals surface area contributed by atoms with Crippen molar-refractivity contribution in [3.63, 3.8) is 0 Å².